The van der Waals surface area contributed by atoms with Crippen LogP contribution in [-0.4, -0.2) is 26.0 Å². The summed E-state index contributed by atoms with van der Waals surface area (Å²) in [7, 11) is 1.96. The normalized spacial score (nSPS) is 20.4. The molecule has 0 saturated heterocycles. The molecule has 0 bridgehead atoms. The summed E-state index contributed by atoms with van der Waals surface area (Å²) >= 11 is 0. The van der Waals surface area contributed by atoms with Crippen LogP contribution in [0.15, 0.2) is 24.3 Å². The number of anilines is 1. The van der Waals surface area contributed by atoms with Gasteiger partial charge in [-0.05, 0) is 12.1 Å². The zero-order valence-electron chi connectivity index (χ0n) is 7.43. The van der Waals surface area contributed by atoms with E-state index in [1.807, 2.05) is 36.2 Å². The molecule has 0 N–H and O–H groups in total. The van der Waals surface area contributed by atoms with Gasteiger partial charge in [-0.2, -0.15) is 0 Å². The van der Waals surface area contributed by atoms with Gasteiger partial charge in [0.2, 0.25) is 0 Å². The van der Waals surface area contributed by atoms with E-state index in [9.17, 15) is 4.79 Å². The van der Waals surface area contributed by atoms with E-state index < -0.39 is 0 Å². The molecular formula is C10H11NO2. The fourth-order valence-electron chi connectivity index (χ4n) is 1.51. The number of fused-ring (bicyclic) bond motifs is 1. The van der Waals surface area contributed by atoms with Crippen LogP contribution in [0.4, 0.5) is 5.69 Å². The van der Waals surface area contributed by atoms with Gasteiger partial charge in [0.25, 0.3) is 0 Å². The molecule has 1 aliphatic heterocycles. The largest absolute Gasteiger partial charge is 0.479 e. The highest BCUT2D eigenvalue weighted by Crippen LogP contribution is 2.31. The van der Waals surface area contributed by atoms with Crippen molar-refractivity contribution >= 4 is 12.0 Å². The Morgan fingerprint density at radius 1 is 1.54 bits per heavy atom. The van der Waals surface area contributed by atoms with Crippen LogP contribution < -0.4 is 9.64 Å². The minimum absolute atomic E-state index is 0.333. The van der Waals surface area contributed by atoms with Crippen LogP contribution in [0, 0.1) is 0 Å². The van der Waals surface area contributed by atoms with Gasteiger partial charge in [0.05, 0.1) is 12.2 Å². The minimum Gasteiger partial charge on any atom is -0.479 e. The van der Waals surface area contributed by atoms with Crippen LogP contribution in [0.25, 0.3) is 0 Å². The highest BCUT2D eigenvalue weighted by molar-refractivity contribution is 5.66. The third-order valence-electron chi connectivity index (χ3n) is 2.16. The lowest BCUT2D eigenvalue weighted by molar-refractivity contribution is -0.113. The van der Waals surface area contributed by atoms with Crippen LogP contribution in [-0.2, 0) is 4.79 Å². The third-order valence-corrected chi connectivity index (χ3v) is 2.16. The van der Waals surface area contributed by atoms with E-state index in [2.05, 4.69) is 0 Å². The van der Waals surface area contributed by atoms with Gasteiger partial charge >= 0.3 is 0 Å². The molecule has 3 nitrogen and oxygen atoms in total. The number of nitrogens with zero attached hydrogens (tertiary/aromatic N) is 1. The van der Waals surface area contributed by atoms with E-state index in [0.29, 0.717) is 6.54 Å². The second-order valence-electron chi connectivity index (χ2n) is 3.14. The number of para-hydroxylation sites is 2. The van der Waals surface area contributed by atoms with Crippen molar-refractivity contribution in [1.82, 2.24) is 0 Å². The van der Waals surface area contributed by atoms with E-state index in [-0.39, 0.29) is 6.10 Å². The smallest absolute Gasteiger partial charge is 0.171 e. The molecule has 0 unspecified atom stereocenters. The molecule has 13 heavy (non-hydrogen) atoms. The van der Waals surface area contributed by atoms with E-state index >= 15 is 0 Å². The van der Waals surface area contributed by atoms with Gasteiger partial charge < -0.3 is 9.64 Å². The van der Waals surface area contributed by atoms with Crippen molar-refractivity contribution in [3.8, 4) is 5.75 Å². The number of ether oxygens (including phenoxy) is 1. The number of aldehydes is 1. The van der Waals surface area contributed by atoms with Crippen molar-refractivity contribution in [1.29, 1.82) is 0 Å². The number of likely N-dealkylation sites (N-methyl/N-ethyl adjacent to an activating group) is 1. The molecule has 1 aromatic carbocycles. The Morgan fingerprint density at radius 2 is 2.31 bits per heavy atom. The van der Waals surface area contributed by atoms with E-state index in [4.69, 9.17) is 4.74 Å². The summed E-state index contributed by atoms with van der Waals surface area (Å²) in [6, 6.07) is 7.72. The summed E-state index contributed by atoms with van der Waals surface area (Å²) in [5, 5.41) is 0. The van der Waals surface area contributed by atoms with Crippen LogP contribution in [0.2, 0.25) is 0 Å². The predicted molar refractivity (Wildman–Crippen MR) is 50.2 cm³/mol. The van der Waals surface area contributed by atoms with Crippen molar-refractivity contribution in [2.75, 3.05) is 18.5 Å². The number of hydrogen-bond acceptors (Lipinski definition) is 3. The number of carbonyl (C=O) groups excluding carboxylic acids is 1. The molecule has 3 heteroatoms. The summed E-state index contributed by atoms with van der Waals surface area (Å²) in [6.07, 6.45) is 0.506. The highest BCUT2D eigenvalue weighted by Gasteiger charge is 2.21. The summed E-state index contributed by atoms with van der Waals surface area (Å²) in [6.45, 7) is 0.626. The lowest BCUT2D eigenvalue weighted by atomic mass is 10.2. The van der Waals surface area contributed by atoms with Crippen molar-refractivity contribution in [3.05, 3.63) is 24.3 Å². The van der Waals surface area contributed by atoms with Crippen molar-refractivity contribution < 1.29 is 9.53 Å². The first-order valence-corrected chi connectivity index (χ1v) is 4.23. The quantitative estimate of drug-likeness (QED) is 0.601. The second kappa shape index (κ2) is 3.09. The molecule has 0 saturated carbocycles. The molecule has 0 radical (unpaired) electrons. The first-order chi connectivity index (χ1) is 6.31. The molecular weight excluding hydrogens is 166 g/mol. The van der Waals surface area contributed by atoms with Crippen molar-refractivity contribution in [2.24, 2.45) is 0 Å². The monoisotopic (exact) mass is 177 g/mol. The van der Waals surface area contributed by atoms with E-state index in [1.165, 1.54) is 0 Å². The zero-order chi connectivity index (χ0) is 9.26. The summed E-state index contributed by atoms with van der Waals surface area (Å²) in [4.78, 5) is 12.6. The number of benzene rings is 1. The summed E-state index contributed by atoms with van der Waals surface area (Å²) in [5.41, 5.74) is 1.04. The van der Waals surface area contributed by atoms with Gasteiger partial charge in [0, 0.05) is 7.05 Å². The fraction of sp³-hybridized carbons (Fsp3) is 0.300. The Hall–Kier alpha value is -1.51. The average Bonchev–Trinajstić information content (AvgIpc) is 2.18. The predicted octanol–water partition coefficient (Wildman–Crippen LogP) is 1.08. The Labute approximate surface area is 76.9 Å². The molecule has 0 aliphatic carbocycles. The molecule has 0 amide bonds. The van der Waals surface area contributed by atoms with Gasteiger partial charge in [-0.25, -0.2) is 0 Å². The highest BCUT2D eigenvalue weighted by atomic mass is 16.5. The molecule has 0 aromatic heterocycles. The number of hydrogen-bond donors (Lipinski definition) is 0. The topological polar surface area (TPSA) is 29.5 Å². The maximum Gasteiger partial charge on any atom is 0.171 e. The SMILES string of the molecule is CN1C[C@@H](C=O)Oc2ccccc21. The standard InChI is InChI=1S/C10H11NO2/c1-11-6-8(7-12)13-10-5-3-2-4-9(10)11/h2-5,7-8H,6H2,1H3/t8-/m0/s1. The van der Waals surface area contributed by atoms with Crippen molar-refractivity contribution in [2.45, 2.75) is 6.10 Å². The van der Waals surface area contributed by atoms with Crippen LogP contribution in [0.3, 0.4) is 0 Å². The lowest BCUT2D eigenvalue weighted by Gasteiger charge is -2.31. The first kappa shape index (κ1) is 8.10. The Kier molecular flexibility index (Phi) is 1.93. The van der Waals surface area contributed by atoms with E-state index in [0.717, 1.165) is 17.7 Å². The maximum absolute atomic E-state index is 10.6. The molecule has 1 heterocycles. The Bertz CT molecular complexity index is 324. The van der Waals surface area contributed by atoms with Gasteiger partial charge in [-0.15, -0.1) is 0 Å². The Morgan fingerprint density at radius 3 is 3.08 bits per heavy atom. The van der Waals surface area contributed by atoms with Crippen LogP contribution in [0.1, 0.15) is 0 Å². The Balaban J connectivity index is 2.36. The first-order valence-electron chi connectivity index (χ1n) is 4.23. The van der Waals surface area contributed by atoms with Gasteiger partial charge in [0.1, 0.15) is 5.75 Å². The molecule has 0 fully saturated rings. The third kappa shape index (κ3) is 1.37. The van der Waals surface area contributed by atoms with Crippen LogP contribution in [0.5, 0.6) is 5.75 Å². The fourth-order valence-corrected chi connectivity index (χ4v) is 1.51. The minimum atomic E-state index is -0.333. The van der Waals surface area contributed by atoms with Gasteiger partial charge in [-0.1, -0.05) is 12.1 Å². The van der Waals surface area contributed by atoms with Gasteiger partial charge in [0.15, 0.2) is 12.4 Å². The second-order valence-corrected chi connectivity index (χ2v) is 3.14. The van der Waals surface area contributed by atoms with Crippen molar-refractivity contribution in [3.63, 3.8) is 0 Å². The molecule has 1 aliphatic rings. The van der Waals surface area contributed by atoms with E-state index in [1.54, 1.807) is 0 Å². The number of carbonyl (C=O) groups is 1. The molecule has 1 atom stereocenters. The average molecular weight is 177 g/mol. The summed E-state index contributed by atoms with van der Waals surface area (Å²) in [5.74, 6) is 0.786. The number of rotatable bonds is 1. The zero-order valence-corrected chi connectivity index (χ0v) is 7.43. The summed E-state index contributed by atoms with van der Waals surface area (Å²) < 4.78 is 5.44. The molecule has 0 spiro atoms. The molecule has 2 rings (SSSR count). The van der Waals surface area contributed by atoms with Gasteiger partial charge in [-0.3, -0.25) is 4.79 Å². The molecule has 1 aromatic rings. The van der Waals surface area contributed by atoms with Crippen LogP contribution >= 0.6 is 0 Å². The maximum atomic E-state index is 10.6. The lowest BCUT2D eigenvalue weighted by Crippen LogP contribution is -2.38. The molecule has 68 valence electrons.